The van der Waals surface area contributed by atoms with E-state index in [9.17, 15) is 4.79 Å². The van der Waals surface area contributed by atoms with Crippen molar-refractivity contribution in [2.45, 2.75) is 30.9 Å². The molecule has 1 aliphatic rings. The van der Waals surface area contributed by atoms with E-state index in [-0.39, 0.29) is 5.92 Å². The van der Waals surface area contributed by atoms with Crippen molar-refractivity contribution in [1.82, 2.24) is 0 Å². The van der Waals surface area contributed by atoms with E-state index in [2.05, 4.69) is 0 Å². The molecule has 0 aliphatic heterocycles. The molecule has 4 heteroatoms. The second kappa shape index (κ2) is 7.43. The Bertz CT molecular complexity index is 394. The average Bonchev–Trinajstić information content (AvgIpc) is 2.88. The summed E-state index contributed by atoms with van der Waals surface area (Å²) in [5.41, 5.74) is 0. The fourth-order valence-electron chi connectivity index (χ4n) is 2.41. The highest BCUT2D eigenvalue weighted by molar-refractivity contribution is 7.99. The van der Waals surface area contributed by atoms with Crippen molar-refractivity contribution < 1.29 is 14.6 Å². The number of carboxylic acid groups (broad SMARTS) is 1. The summed E-state index contributed by atoms with van der Waals surface area (Å²) in [5, 5.41) is 9.40. The molecule has 0 spiro atoms. The number of carbonyl (C=O) groups is 1. The van der Waals surface area contributed by atoms with Crippen LogP contribution in [0.4, 0.5) is 0 Å². The van der Waals surface area contributed by atoms with E-state index in [1.165, 1.54) is 0 Å². The first-order chi connectivity index (χ1) is 9.27. The minimum Gasteiger partial charge on any atom is -0.494 e. The van der Waals surface area contributed by atoms with E-state index in [1.54, 1.807) is 11.8 Å². The molecular formula is C15H20O3S. The molecule has 1 N–H and O–H groups in total. The molecule has 0 saturated heterocycles. The van der Waals surface area contributed by atoms with E-state index in [4.69, 9.17) is 9.84 Å². The number of para-hydroxylation sites is 1. The molecule has 0 radical (unpaired) electrons. The maximum absolute atomic E-state index is 11.0. The molecule has 0 amide bonds. The Labute approximate surface area is 118 Å². The number of thioether (sulfide) groups is 1. The highest BCUT2D eigenvalue weighted by Crippen LogP contribution is 2.35. The number of benzene rings is 1. The first-order valence-corrected chi connectivity index (χ1v) is 7.84. The lowest BCUT2D eigenvalue weighted by Gasteiger charge is -2.15. The Morgan fingerprint density at radius 1 is 1.32 bits per heavy atom. The van der Waals surface area contributed by atoms with Gasteiger partial charge in [0.2, 0.25) is 0 Å². The van der Waals surface area contributed by atoms with Gasteiger partial charge in [0.1, 0.15) is 5.75 Å². The quantitative estimate of drug-likeness (QED) is 0.777. The van der Waals surface area contributed by atoms with Crippen LogP contribution in [0.3, 0.4) is 0 Å². The van der Waals surface area contributed by atoms with Crippen molar-refractivity contribution in [2.75, 3.05) is 12.4 Å². The van der Waals surface area contributed by atoms with Crippen LogP contribution in [-0.4, -0.2) is 28.7 Å². The van der Waals surface area contributed by atoms with Crippen molar-refractivity contribution in [3.63, 3.8) is 0 Å². The van der Waals surface area contributed by atoms with Crippen molar-refractivity contribution in [3.8, 4) is 5.75 Å². The van der Waals surface area contributed by atoms with Crippen molar-refractivity contribution in [1.29, 1.82) is 0 Å². The summed E-state index contributed by atoms with van der Waals surface area (Å²) in [5.74, 6) is 1.11. The molecule has 1 aromatic rings. The number of ether oxygens (including phenoxy) is 1. The lowest BCUT2D eigenvalue weighted by molar-refractivity contribution is -0.141. The molecule has 1 saturated carbocycles. The van der Waals surface area contributed by atoms with Gasteiger partial charge in [-0.1, -0.05) is 24.6 Å². The lowest BCUT2D eigenvalue weighted by atomic mass is 10.1. The number of rotatable bonds is 7. The molecule has 19 heavy (non-hydrogen) atoms. The van der Waals surface area contributed by atoms with E-state index < -0.39 is 5.97 Å². The monoisotopic (exact) mass is 280 g/mol. The summed E-state index contributed by atoms with van der Waals surface area (Å²) < 4.78 is 5.62. The number of aliphatic carboxylic acids is 1. The molecule has 1 aromatic carbocycles. The van der Waals surface area contributed by atoms with Crippen LogP contribution in [0.25, 0.3) is 0 Å². The summed E-state index contributed by atoms with van der Waals surface area (Å²) in [6.07, 6.45) is 3.90. The molecule has 1 fully saturated rings. The van der Waals surface area contributed by atoms with Crippen LogP contribution in [0.15, 0.2) is 30.3 Å². The van der Waals surface area contributed by atoms with Gasteiger partial charge in [0.15, 0.2) is 0 Å². The first-order valence-electron chi connectivity index (χ1n) is 6.79. The van der Waals surface area contributed by atoms with E-state index in [1.807, 2.05) is 30.3 Å². The van der Waals surface area contributed by atoms with E-state index in [0.29, 0.717) is 11.9 Å². The van der Waals surface area contributed by atoms with Gasteiger partial charge in [-0.15, -0.1) is 0 Å². The molecule has 3 nitrogen and oxygen atoms in total. The molecule has 104 valence electrons. The third-order valence-corrected chi connectivity index (χ3v) is 4.92. The molecule has 1 aliphatic carbocycles. The minimum atomic E-state index is -0.629. The Morgan fingerprint density at radius 2 is 2.11 bits per heavy atom. The largest absolute Gasteiger partial charge is 0.494 e. The Balaban J connectivity index is 1.60. The zero-order chi connectivity index (χ0) is 13.5. The first kappa shape index (κ1) is 14.3. The minimum absolute atomic E-state index is 0.139. The van der Waals surface area contributed by atoms with Gasteiger partial charge in [-0.2, -0.15) is 11.8 Å². The maximum Gasteiger partial charge on any atom is 0.307 e. The predicted molar refractivity (Wildman–Crippen MR) is 77.8 cm³/mol. The second-order valence-electron chi connectivity index (χ2n) is 4.80. The molecule has 0 aromatic heterocycles. The van der Waals surface area contributed by atoms with Crippen LogP contribution in [0, 0.1) is 5.92 Å². The maximum atomic E-state index is 11.0. The van der Waals surface area contributed by atoms with Crippen molar-refractivity contribution >= 4 is 17.7 Å². The predicted octanol–water partition coefficient (Wildman–Crippen LogP) is 3.44. The van der Waals surface area contributed by atoms with Crippen LogP contribution in [0.1, 0.15) is 25.7 Å². The number of hydrogen-bond donors (Lipinski definition) is 1. The summed E-state index contributed by atoms with van der Waals surface area (Å²) in [7, 11) is 0. The zero-order valence-electron chi connectivity index (χ0n) is 11.0. The molecular weight excluding hydrogens is 260 g/mol. The summed E-state index contributed by atoms with van der Waals surface area (Å²) in [4.78, 5) is 11.0. The van der Waals surface area contributed by atoms with Gasteiger partial charge >= 0.3 is 5.97 Å². The van der Waals surface area contributed by atoms with Crippen LogP contribution in [0.2, 0.25) is 0 Å². The third kappa shape index (κ3) is 4.46. The zero-order valence-corrected chi connectivity index (χ0v) is 11.8. The van der Waals surface area contributed by atoms with Gasteiger partial charge < -0.3 is 9.84 Å². The van der Waals surface area contributed by atoms with Crippen LogP contribution < -0.4 is 4.74 Å². The number of hydrogen-bond acceptors (Lipinski definition) is 3. The Hall–Kier alpha value is -1.16. The smallest absolute Gasteiger partial charge is 0.307 e. The average molecular weight is 280 g/mol. The molecule has 2 unspecified atom stereocenters. The standard InChI is InChI=1S/C15H20O3S/c16-15(17)13-8-4-9-14(13)19-11-5-10-18-12-6-2-1-3-7-12/h1-3,6-7,13-14H,4-5,8-11H2,(H,16,17). The Kier molecular flexibility index (Phi) is 5.58. The second-order valence-corrected chi connectivity index (χ2v) is 6.15. The van der Waals surface area contributed by atoms with Crippen LogP contribution in [0.5, 0.6) is 5.75 Å². The lowest BCUT2D eigenvalue weighted by Crippen LogP contribution is -2.20. The molecule has 0 bridgehead atoms. The highest BCUT2D eigenvalue weighted by atomic mass is 32.2. The van der Waals surface area contributed by atoms with Gasteiger partial charge in [0, 0.05) is 5.25 Å². The normalized spacial score (nSPS) is 22.3. The van der Waals surface area contributed by atoms with E-state index >= 15 is 0 Å². The van der Waals surface area contributed by atoms with Gasteiger partial charge in [-0.25, -0.2) is 0 Å². The SMILES string of the molecule is O=C(O)C1CCCC1SCCCOc1ccccc1. The summed E-state index contributed by atoms with van der Waals surface area (Å²) in [6, 6.07) is 9.78. The van der Waals surface area contributed by atoms with Gasteiger partial charge in [-0.05, 0) is 37.1 Å². The van der Waals surface area contributed by atoms with Crippen LogP contribution in [-0.2, 0) is 4.79 Å². The summed E-state index contributed by atoms with van der Waals surface area (Å²) >= 11 is 1.79. The van der Waals surface area contributed by atoms with Gasteiger partial charge in [-0.3, -0.25) is 4.79 Å². The fraction of sp³-hybridized carbons (Fsp3) is 0.533. The van der Waals surface area contributed by atoms with Gasteiger partial charge in [0.05, 0.1) is 12.5 Å². The highest BCUT2D eigenvalue weighted by Gasteiger charge is 2.32. The topological polar surface area (TPSA) is 46.5 Å². The Morgan fingerprint density at radius 3 is 2.84 bits per heavy atom. The van der Waals surface area contributed by atoms with Crippen LogP contribution >= 0.6 is 11.8 Å². The fourth-order valence-corrected chi connectivity index (χ4v) is 3.81. The van der Waals surface area contributed by atoms with Crippen molar-refractivity contribution in [2.24, 2.45) is 5.92 Å². The summed E-state index contributed by atoms with van der Waals surface area (Å²) in [6.45, 7) is 0.696. The molecule has 2 atom stereocenters. The van der Waals surface area contributed by atoms with Gasteiger partial charge in [0.25, 0.3) is 0 Å². The van der Waals surface area contributed by atoms with Crippen molar-refractivity contribution in [3.05, 3.63) is 30.3 Å². The number of carboxylic acids is 1. The molecule has 0 heterocycles. The van der Waals surface area contributed by atoms with E-state index in [0.717, 1.165) is 37.2 Å². The molecule has 2 rings (SSSR count). The third-order valence-electron chi connectivity index (χ3n) is 3.40.